The lowest BCUT2D eigenvalue weighted by Gasteiger charge is -2.34. The molecule has 0 saturated heterocycles. The lowest BCUT2D eigenvalue weighted by atomic mass is 9.95. The SMILES string of the molecule is Cc1ccc(C)c(N(CC(=O)N(Cc2ccccc2C)[C@@H](C)C(=O)NC2CCCCC2)S(=O)(=O)N(C)C)c1. The van der Waals surface area contributed by atoms with Gasteiger partial charge < -0.3 is 10.2 Å². The third-order valence-corrected chi connectivity index (χ3v) is 9.18. The quantitative estimate of drug-likeness (QED) is 0.490. The summed E-state index contributed by atoms with van der Waals surface area (Å²) in [5, 5.41) is 3.13. The number of nitrogens with one attached hydrogen (secondary N) is 1. The Morgan fingerprint density at radius 3 is 2.26 bits per heavy atom. The van der Waals surface area contributed by atoms with Crippen molar-refractivity contribution < 1.29 is 18.0 Å². The number of carbonyl (C=O) groups excluding carboxylic acids is 2. The number of hydrogen-bond acceptors (Lipinski definition) is 4. The smallest absolute Gasteiger partial charge is 0.304 e. The van der Waals surface area contributed by atoms with Gasteiger partial charge in [0.15, 0.2) is 0 Å². The molecule has 0 heterocycles. The molecule has 2 aromatic carbocycles. The predicted molar refractivity (Wildman–Crippen MR) is 152 cm³/mol. The molecule has 8 nitrogen and oxygen atoms in total. The van der Waals surface area contributed by atoms with Gasteiger partial charge in [0.2, 0.25) is 11.8 Å². The van der Waals surface area contributed by atoms with Crippen LogP contribution < -0.4 is 9.62 Å². The fraction of sp³-hybridized carbons (Fsp3) is 0.517. The average molecular weight is 543 g/mol. The minimum atomic E-state index is -3.99. The van der Waals surface area contributed by atoms with Crippen molar-refractivity contribution in [3.63, 3.8) is 0 Å². The van der Waals surface area contributed by atoms with Gasteiger partial charge in [-0.1, -0.05) is 55.7 Å². The first-order valence-electron chi connectivity index (χ1n) is 13.3. The lowest BCUT2D eigenvalue weighted by molar-refractivity contribution is -0.139. The van der Waals surface area contributed by atoms with Crippen LogP contribution in [0.25, 0.3) is 0 Å². The van der Waals surface area contributed by atoms with Crippen LogP contribution in [-0.2, 0) is 26.3 Å². The van der Waals surface area contributed by atoms with Crippen molar-refractivity contribution in [1.29, 1.82) is 0 Å². The van der Waals surface area contributed by atoms with Gasteiger partial charge in [-0.25, -0.2) is 4.31 Å². The van der Waals surface area contributed by atoms with E-state index in [2.05, 4.69) is 5.32 Å². The van der Waals surface area contributed by atoms with Crippen LogP contribution >= 0.6 is 0 Å². The molecule has 1 aliphatic carbocycles. The lowest BCUT2D eigenvalue weighted by Crippen LogP contribution is -2.53. The number of aryl methyl sites for hydroxylation is 3. The van der Waals surface area contributed by atoms with Crippen LogP contribution in [0.1, 0.15) is 61.3 Å². The molecule has 1 N–H and O–H groups in total. The first-order valence-corrected chi connectivity index (χ1v) is 14.7. The summed E-state index contributed by atoms with van der Waals surface area (Å²) in [5.41, 5.74) is 3.97. The van der Waals surface area contributed by atoms with Crippen LogP contribution in [0.15, 0.2) is 42.5 Å². The monoisotopic (exact) mass is 542 g/mol. The van der Waals surface area contributed by atoms with Gasteiger partial charge in [0.05, 0.1) is 5.69 Å². The molecule has 0 spiro atoms. The second-order valence-electron chi connectivity index (χ2n) is 10.6. The number of amides is 2. The third-order valence-electron chi connectivity index (χ3n) is 7.37. The molecule has 0 bridgehead atoms. The van der Waals surface area contributed by atoms with Gasteiger partial charge in [-0.2, -0.15) is 12.7 Å². The number of nitrogens with zero attached hydrogens (tertiary/aromatic N) is 3. The number of carbonyl (C=O) groups is 2. The molecule has 0 radical (unpaired) electrons. The number of anilines is 1. The number of hydrogen-bond donors (Lipinski definition) is 1. The minimum absolute atomic E-state index is 0.106. The molecule has 1 fully saturated rings. The first-order chi connectivity index (χ1) is 17.9. The summed E-state index contributed by atoms with van der Waals surface area (Å²) in [4.78, 5) is 28.8. The van der Waals surface area contributed by atoms with Gasteiger partial charge >= 0.3 is 10.2 Å². The molecular formula is C29H42N4O4S. The minimum Gasteiger partial charge on any atom is -0.352 e. The molecule has 2 amide bonds. The Morgan fingerprint density at radius 1 is 0.974 bits per heavy atom. The fourth-order valence-corrected chi connectivity index (χ4v) is 5.93. The van der Waals surface area contributed by atoms with E-state index in [1.165, 1.54) is 25.4 Å². The Bertz CT molecular complexity index is 1240. The Morgan fingerprint density at radius 2 is 1.63 bits per heavy atom. The van der Waals surface area contributed by atoms with E-state index in [1.54, 1.807) is 13.0 Å². The van der Waals surface area contributed by atoms with Gasteiger partial charge in [0.1, 0.15) is 12.6 Å². The maximum absolute atomic E-state index is 14.0. The largest absolute Gasteiger partial charge is 0.352 e. The van der Waals surface area contributed by atoms with Crippen molar-refractivity contribution >= 4 is 27.7 Å². The highest BCUT2D eigenvalue weighted by Gasteiger charge is 2.34. The summed E-state index contributed by atoms with van der Waals surface area (Å²) in [6.45, 7) is 7.17. The van der Waals surface area contributed by atoms with Crippen LogP contribution in [0, 0.1) is 20.8 Å². The average Bonchev–Trinajstić information content (AvgIpc) is 2.88. The van der Waals surface area contributed by atoms with E-state index in [-0.39, 0.29) is 18.5 Å². The first kappa shape index (κ1) is 29.6. The highest BCUT2D eigenvalue weighted by atomic mass is 32.2. The summed E-state index contributed by atoms with van der Waals surface area (Å²) in [5.74, 6) is -0.654. The molecule has 1 atom stereocenters. The third kappa shape index (κ3) is 7.14. The second kappa shape index (κ2) is 12.8. The zero-order valence-corrected chi connectivity index (χ0v) is 24.3. The highest BCUT2D eigenvalue weighted by Crippen LogP contribution is 2.26. The van der Waals surface area contributed by atoms with Crippen LogP contribution in [0.4, 0.5) is 5.69 Å². The van der Waals surface area contributed by atoms with Gasteiger partial charge in [-0.15, -0.1) is 0 Å². The standard InChI is InChI=1S/C29H42N4O4S/c1-21-16-17-23(3)27(18-21)33(38(36,37)31(5)6)20-28(34)32(19-25-13-11-10-12-22(25)2)24(4)29(35)30-26-14-8-7-9-15-26/h10-13,16-18,24,26H,7-9,14-15,19-20H2,1-6H3,(H,30,35)/t24-/m0/s1. The Balaban J connectivity index is 1.96. The summed E-state index contributed by atoms with van der Waals surface area (Å²) < 4.78 is 29.1. The van der Waals surface area contributed by atoms with Crippen molar-refractivity contribution in [1.82, 2.24) is 14.5 Å². The van der Waals surface area contributed by atoms with E-state index in [0.29, 0.717) is 5.69 Å². The van der Waals surface area contributed by atoms with E-state index < -0.39 is 28.7 Å². The molecule has 0 aromatic heterocycles. The Labute approximate surface area is 228 Å². The maximum atomic E-state index is 14.0. The van der Waals surface area contributed by atoms with Crippen molar-refractivity contribution in [2.24, 2.45) is 0 Å². The van der Waals surface area contributed by atoms with Gasteiger partial charge in [-0.3, -0.25) is 9.59 Å². The molecule has 1 saturated carbocycles. The van der Waals surface area contributed by atoms with E-state index in [1.807, 2.05) is 57.2 Å². The molecule has 9 heteroatoms. The predicted octanol–water partition coefficient (Wildman–Crippen LogP) is 4.09. The summed E-state index contributed by atoms with van der Waals surface area (Å²) in [6.07, 6.45) is 5.21. The molecule has 38 heavy (non-hydrogen) atoms. The van der Waals surface area contributed by atoms with Crippen molar-refractivity contribution in [3.05, 3.63) is 64.7 Å². The van der Waals surface area contributed by atoms with Crippen molar-refractivity contribution in [3.8, 4) is 0 Å². The maximum Gasteiger partial charge on any atom is 0.304 e. The summed E-state index contributed by atoms with van der Waals surface area (Å²) in [6, 6.07) is 12.6. The van der Waals surface area contributed by atoms with Crippen LogP contribution in [0.2, 0.25) is 0 Å². The number of benzene rings is 2. The zero-order valence-electron chi connectivity index (χ0n) is 23.5. The zero-order chi connectivity index (χ0) is 28.0. The van der Waals surface area contributed by atoms with E-state index in [9.17, 15) is 18.0 Å². The van der Waals surface area contributed by atoms with Crippen molar-refractivity contribution in [2.75, 3.05) is 24.9 Å². The normalized spacial score (nSPS) is 15.2. The molecule has 2 aromatic rings. The number of rotatable bonds is 10. The van der Waals surface area contributed by atoms with E-state index in [4.69, 9.17) is 0 Å². The van der Waals surface area contributed by atoms with Gasteiger partial charge in [0.25, 0.3) is 0 Å². The molecule has 0 unspecified atom stereocenters. The Kier molecular flexibility index (Phi) is 9.95. The van der Waals surface area contributed by atoms with Crippen LogP contribution in [0.3, 0.4) is 0 Å². The van der Waals surface area contributed by atoms with E-state index in [0.717, 1.165) is 56.5 Å². The fourth-order valence-electron chi connectivity index (χ4n) is 4.81. The summed E-state index contributed by atoms with van der Waals surface area (Å²) >= 11 is 0. The highest BCUT2D eigenvalue weighted by molar-refractivity contribution is 7.90. The summed E-state index contributed by atoms with van der Waals surface area (Å²) in [7, 11) is -1.10. The topological polar surface area (TPSA) is 90.0 Å². The Hall–Kier alpha value is -2.91. The molecule has 1 aliphatic rings. The molecule has 208 valence electrons. The molecule has 0 aliphatic heterocycles. The van der Waals surface area contributed by atoms with Crippen LogP contribution in [0.5, 0.6) is 0 Å². The van der Waals surface area contributed by atoms with Crippen LogP contribution in [-0.4, -0.2) is 62.2 Å². The van der Waals surface area contributed by atoms with Gasteiger partial charge in [0, 0.05) is 26.7 Å². The molecule has 3 rings (SSSR count). The second-order valence-corrected chi connectivity index (χ2v) is 12.6. The van der Waals surface area contributed by atoms with E-state index >= 15 is 0 Å². The van der Waals surface area contributed by atoms with Gasteiger partial charge in [-0.05, 0) is 68.9 Å². The molecular weight excluding hydrogens is 500 g/mol. The van der Waals surface area contributed by atoms with Crippen molar-refractivity contribution in [2.45, 2.75) is 78.4 Å².